The van der Waals surface area contributed by atoms with E-state index in [2.05, 4.69) is 40.4 Å². The van der Waals surface area contributed by atoms with E-state index in [0.29, 0.717) is 5.04 Å². The lowest BCUT2D eigenvalue weighted by Gasteiger charge is -2.36. The maximum atomic E-state index is 9.59. The summed E-state index contributed by atoms with van der Waals surface area (Å²) in [5, 5.41) is 9.89. The van der Waals surface area contributed by atoms with Crippen molar-refractivity contribution in [3.05, 3.63) is 12.2 Å². The van der Waals surface area contributed by atoms with Gasteiger partial charge in [-0.25, -0.2) is 0 Å². The van der Waals surface area contributed by atoms with Crippen LogP contribution in [-0.2, 0) is 4.43 Å². The van der Waals surface area contributed by atoms with Gasteiger partial charge in [-0.05, 0) is 37.9 Å². The fourth-order valence-electron chi connectivity index (χ4n) is 1.41. The maximum Gasteiger partial charge on any atom is 0.191 e. The second kappa shape index (κ2) is 7.46. The van der Waals surface area contributed by atoms with Crippen molar-refractivity contribution in [3.63, 3.8) is 0 Å². The van der Waals surface area contributed by atoms with Crippen LogP contribution >= 0.6 is 0 Å². The lowest BCUT2D eigenvalue weighted by atomic mass is 10.1. The van der Waals surface area contributed by atoms with E-state index in [9.17, 15) is 5.11 Å². The number of aliphatic hydroxyl groups is 1. The molecule has 1 unspecified atom stereocenters. The third-order valence-corrected chi connectivity index (χ3v) is 8.50. The Kier molecular flexibility index (Phi) is 7.41. The Labute approximate surface area is 115 Å². The van der Waals surface area contributed by atoms with Gasteiger partial charge in [0.25, 0.3) is 0 Å². The smallest absolute Gasteiger partial charge is 0.191 e. The Hall–Kier alpha value is -0.123. The summed E-state index contributed by atoms with van der Waals surface area (Å²) in [6, 6.07) is 0. The molecule has 0 amide bonds. The van der Waals surface area contributed by atoms with Crippen LogP contribution in [-0.4, -0.2) is 26.1 Å². The van der Waals surface area contributed by atoms with Crippen LogP contribution in [0.4, 0.5) is 0 Å². The Bertz CT molecular complexity index is 254. The molecule has 0 radical (unpaired) electrons. The van der Waals surface area contributed by atoms with Crippen LogP contribution in [0.1, 0.15) is 53.4 Å². The van der Waals surface area contributed by atoms with E-state index < -0.39 is 8.32 Å². The SMILES string of the molecule is C=C(C)C(O)CCCCCO[Si](C)(C)C(C)(C)C. The topological polar surface area (TPSA) is 29.5 Å². The number of rotatable bonds is 8. The van der Waals surface area contributed by atoms with Gasteiger partial charge in [0.2, 0.25) is 0 Å². The summed E-state index contributed by atoms with van der Waals surface area (Å²) >= 11 is 0. The molecule has 0 heterocycles. The summed E-state index contributed by atoms with van der Waals surface area (Å²) in [4.78, 5) is 0. The molecule has 0 aliphatic heterocycles. The molecule has 2 nitrogen and oxygen atoms in total. The first-order valence-electron chi connectivity index (χ1n) is 7.05. The van der Waals surface area contributed by atoms with Crippen LogP contribution < -0.4 is 0 Å². The van der Waals surface area contributed by atoms with E-state index in [0.717, 1.165) is 37.9 Å². The summed E-state index contributed by atoms with van der Waals surface area (Å²) in [6.45, 7) is 17.9. The highest BCUT2D eigenvalue weighted by Gasteiger charge is 2.36. The van der Waals surface area contributed by atoms with Crippen molar-refractivity contribution in [2.45, 2.75) is 77.6 Å². The summed E-state index contributed by atoms with van der Waals surface area (Å²) < 4.78 is 6.11. The van der Waals surface area contributed by atoms with Gasteiger partial charge in [-0.2, -0.15) is 0 Å². The third-order valence-electron chi connectivity index (χ3n) is 3.96. The number of aliphatic hydroxyl groups excluding tert-OH is 1. The molecule has 0 aromatic carbocycles. The number of hydrogen-bond acceptors (Lipinski definition) is 2. The molecule has 0 spiro atoms. The predicted octanol–water partition coefficient (Wildman–Crippen LogP) is 4.51. The fourth-order valence-corrected chi connectivity index (χ4v) is 2.49. The minimum Gasteiger partial charge on any atom is -0.417 e. The van der Waals surface area contributed by atoms with Gasteiger partial charge in [-0.15, -0.1) is 0 Å². The van der Waals surface area contributed by atoms with E-state index >= 15 is 0 Å². The van der Waals surface area contributed by atoms with Gasteiger partial charge in [-0.3, -0.25) is 0 Å². The molecule has 0 fully saturated rings. The first-order valence-corrected chi connectivity index (χ1v) is 9.96. The highest BCUT2D eigenvalue weighted by Crippen LogP contribution is 2.36. The lowest BCUT2D eigenvalue weighted by molar-refractivity contribution is 0.194. The number of hydrogen-bond donors (Lipinski definition) is 1. The van der Waals surface area contributed by atoms with E-state index in [-0.39, 0.29) is 6.10 Å². The maximum absolute atomic E-state index is 9.59. The second-order valence-electron chi connectivity index (χ2n) is 6.82. The van der Waals surface area contributed by atoms with Crippen molar-refractivity contribution in [1.82, 2.24) is 0 Å². The minimum atomic E-state index is -1.57. The Morgan fingerprint density at radius 1 is 1.22 bits per heavy atom. The van der Waals surface area contributed by atoms with E-state index in [4.69, 9.17) is 4.43 Å². The summed E-state index contributed by atoms with van der Waals surface area (Å²) in [5.41, 5.74) is 0.868. The molecule has 0 aliphatic rings. The van der Waals surface area contributed by atoms with Crippen molar-refractivity contribution in [2.75, 3.05) is 6.61 Å². The van der Waals surface area contributed by atoms with Gasteiger partial charge in [0.05, 0.1) is 6.10 Å². The zero-order valence-corrected chi connectivity index (χ0v) is 14.2. The van der Waals surface area contributed by atoms with Crippen molar-refractivity contribution in [1.29, 1.82) is 0 Å². The lowest BCUT2D eigenvalue weighted by Crippen LogP contribution is -2.40. The first kappa shape index (κ1) is 17.9. The number of unbranched alkanes of at least 4 members (excludes halogenated alkanes) is 2. The molecule has 0 rings (SSSR count). The summed E-state index contributed by atoms with van der Waals surface area (Å²) in [7, 11) is -1.57. The summed E-state index contributed by atoms with van der Waals surface area (Å²) in [6.07, 6.45) is 3.77. The van der Waals surface area contributed by atoms with Crippen LogP contribution in [0.3, 0.4) is 0 Å². The Morgan fingerprint density at radius 3 is 2.22 bits per heavy atom. The van der Waals surface area contributed by atoms with Gasteiger partial charge in [-0.1, -0.05) is 45.8 Å². The second-order valence-corrected chi connectivity index (χ2v) is 11.6. The largest absolute Gasteiger partial charge is 0.417 e. The molecule has 0 aromatic heterocycles. The van der Waals surface area contributed by atoms with Gasteiger partial charge in [0.1, 0.15) is 0 Å². The molecule has 108 valence electrons. The molecule has 0 bridgehead atoms. The van der Waals surface area contributed by atoms with Crippen LogP contribution in [0.25, 0.3) is 0 Å². The molecule has 0 aromatic rings. The zero-order chi connectivity index (χ0) is 14.4. The summed E-state index contributed by atoms with van der Waals surface area (Å²) in [5.74, 6) is 0. The van der Waals surface area contributed by atoms with Gasteiger partial charge >= 0.3 is 0 Å². The van der Waals surface area contributed by atoms with Crippen LogP contribution in [0.2, 0.25) is 18.1 Å². The molecule has 1 N–H and O–H groups in total. The standard InChI is InChI=1S/C15H32O2Si/c1-13(2)14(16)11-9-8-10-12-17-18(6,7)15(3,4)5/h14,16H,1,8-12H2,2-7H3. The first-order chi connectivity index (χ1) is 8.08. The van der Waals surface area contributed by atoms with Crippen LogP contribution in [0, 0.1) is 0 Å². The average Bonchev–Trinajstić information content (AvgIpc) is 2.20. The van der Waals surface area contributed by atoms with E-state index in [1.54, 1.807) is 0 Å². The molecule has 0 saturated heterocycles. The highest BCUT2D eigenvalue weighted by atomic mass is 28.4. The predicted molar refractivity (Wildman–Crippen MR) is 82.4 cm³/mol. The van der Waals surface area contributed by atoms with Crippen molar-refractivity contribution in [3.8, 4) is 0 Å². The quantitative estimate of drug-likeness (QED) is 0.400. The average molecular weight is 273 g/mol. The molecule has 0 aliphatic carbocycles. The van der Waals surface area contributed by atoms with Crippen molar-refractivity contribution < 1.29 is 9.53 Å². The molecule has 1 atom stereocenters. The van der Waals surface area contributed by atoms with Crippen LogP contribution in [0.5, 0.6) is 0 Å². The molecule has 0 saturated carbocycles. The Balaban J connectivity index is 3.67. The highest BCUT2D eigenvalue weighted by molar-refractivity contribution is 6.74. The van der Waals surface area contributed by atoms with Gasteiger partial charge in [0.15, 0.2) is 8.32 Å². The van der Waals surface area contributed by atoms with E-state index in [1.807, 2.05) is 6.92 Å². The molecule has 18 heavy (non-hydrogen) atoms. The van der Waals surface area contributed by atoms with Crippen molar-refractivity contribution >= 4 is 8.32 Å². The molecular formula is C15H32O2Si. The van der Waals surface area contributed by atoms with Crippen molar-refractivity contribution in [2.24, 2.45) is 0 Å². The molecule has 3 heteroatoms. The third kappa shape index (κ3) is 6.71. The fraction of sp³-hybridized carbons (Fsp3) is 0.867. The van der Waals surface area contributed by atoms with Crippen LogP contribution in [0.15, 0.2) is 12.2 Å². The minimum absolute atomic E-state index is 0.295. The molecular weight excluding hydrogens is 240 g/mol. The monoisotopic (exact) mass is 272 g/mol. The zero-order valence-electron chi connectivity index (χ0n) is 13.2. The normalized spacial score (nSPS) is 14.6. The van der Waals surface area contributed by atoms with Gasteiger partial charge < -0.3 is 9.53 Å². The Morgan fingerprint density at radius 2 is 1.78 bits per heavy atom. The van der Waals surface area contributed by atoms with E-state index in [1.165, 1.54) is 0 Å². The van der Waals surface area contributed by atoms with Gasteiger partial charge in [0, 0.05) is 6.61 Å².